The van der Waals surface area contributed by atoms with Crippen LogP contribution in [0.15, 0.2) is 35.1 Å². The summed E-state index contributed by atoms with van der Waals surface area (Å²) in [6.45, 7) is 7.84. The molecule has 2 unspecified atom stereocenters. The van der Waals surface area contributed by atoms with Crippen molar-refractivity contribution in [3.05, 3.63) is 35.1 Å². The molecule has 1 N–H and O–H groups in total. The maximum atomic E-state index is 11.7. The summed E-state index contributed by atoms with van der Waals surface area (Å²) >= 11 is 0. The van der Waals surface area contributed by atoms with Gasteiger partial charge in [-0.2, -0.15) is 0 Å². The van der Waals surface area contributed by atoms with Crippen molar-refractivity contribution < 1.29 is 9.90 Å². The van der Waals surface area contributed by atoms with Crippen LogP contribution >= 0.6 is 0 Å². The Balaban J connectivity index is 2.59. The van der Waals surface area contributed by atoms with Crippen molar-refractivity contribution in [2.24, 2.45) is 11.8 Å². The number of hydrogen-bond acceptors (Lipinski definition) is 2. The normalized spacial score (nSPS) is 21.3. The Morgan fingerprint density at radius 1 is 1.59 bits per heavy atom. The molecule has 0 saturated heterocycles. The Kier molecular flexibility index (Phi) is 4.73. The molecule has 0 fully saturated rings. The number of allylic oxidation sites excluding steroid dienone is 5. The van der Waals surface area contributed by atoms with E-state index in [2.05, 4.69) is 6.92 Å². The lowest BCUT2D eigenvalue weighted by Gasteiger charge is -2.22. The zero-order valence-corrected chi connectivity index (χ0v) is 11.2. The van der Waals surface area contributed by atoms with Crippen molar-refractivity contribution in [2.75, 3.05) is 0 Å². The van der Waals surface area contributed by atoms with Crippen molar-refractivity contribution >= 4 is 5.78 Å². The molecule has 2 atom stereocenters. The molecule has 0 amide bonds. The third-order valence-electron chi connectivity index (χ3n) is 3.18. The fraction of sp³-hybridized carbons (Fsp3) is 0.533. The Bertz CT molecular complexity index is 382. The number of rotatable bonds is 4. The van der Waals surface area contributed by atoms with Crippen LogP contribution in [0.3, 0.4) is 0 Å². The van der Waals surface area contributed by atoms with E-state index in [0.29, 0.717) is 12.2 Å². The monoisotopic (exact) mass is 234 g/mol. The van der Waals surface area contributed by atoms with E-state index in [-0.39, 0.29) is 17.6 Å². The molecule has 0 spiro atoms. The van der Waals surface area contributed by atoms with E-state index < -0.39 is 0 Å². The summed E-state index contributed by atoms with van der Waals surface area (Å²) in [6, 6.07) is 0. The predicted molar refractivity (Wildman–Crippen MR) is 70.8 cm³/mol. The predicted octanol–water partition coefficient (Wildman–Crippen LogP) is 3.96. The van der Waals surface area contributed by atoms with Crippen LogP contribution in [0.5, 0.6) is 0 Å². The molecule has 2 nitrogen and oxygen atoms in total. The largest absolute Gasteiger partial charge is 0.508 e. The molecule has 0 aromatic rings. The Hall–Kier alpha value is -1.31. The molecule has 17 heavy (non-hydrogen) atoms. The summed E-state index contributed by atoms with van der Waals surface area (Å²) in [7, 11) is 0. The highest BCUT2D eigenvalue weighted by atomic mass is 16.3. The molecule has 0 saturated carbocycles. The van der Waals surface area contributed by atoms with E-state index in [9.17, 15) is 9.90 Å². The van der Waals surface area contributed by atoms with Gasteiger partial charge in [0.25, 0.3) is 0 Å². The molecule has 1 rings (SSSR count). The number of ketones is 1. The van der Waals surface area contributed by atoms with Gasteiger partial charge in [0, 0.05) is 6.42 Å². The minimum absolute atomic E-state index is 0.177. The van der Waals surface area contributed by atoms with E-state index >= 15 is 0 Å². The zero-order chi connectivity index (χ0) is 13.0. The maximum Gasteiger partial charge on any atom is 0.155 e. The fourth-order valence-electron chi connectivity index (χ4n) is 2.07. The molecule has 0 aliphatic heterocycles. The molecule has 2 heteroatoms. The van der Waals surface area contributed by atoms with Crippen LogP contribution in [0.1, 0.15) is 40.5 Å². The van der Waals surface area contributed by atoms with Crippen molar-refractivity contribution in [1.82, 2.24) is 0 Å². The standard InChI is InChI=1S/C15H22O2/c1-10(2)7-14(16)8-12(4)13-6-5-11(3)15(17)9-13/h5,7,9,12-13,17H,6,8H2,1-4H3. The summed E-state index contributed by atoms with van der Waals surface area (Å²) < 4.78 is 0. The van der Waals surface area contributed by atoms with Gasteiger partial charge >= 0.3 is 0 Å². The van der Waals surface area contributed by atoms with Gasteiger partial charge in [-0.25, -0.2) is 0 Å². The van der Waals surface area contributed by atoms with Gasteiger partial charge in [-0.3, -0.25) is 4.79 Å². The van der Waals surface area contributed by atoms with Gasteiger partial charge in [-0.15, -0.1) is 0 Å². The summed E-state index contributed by atoms with van der Waals surface area (Å²) in [4.78, 5) is 11.7. The number of carbonyl (C=O) groups excluding carboxylic acids is 1. The van der Waals surface area contributed by atoms with Gasteiger partial charge in [0.05, 0.1) is 0 Å². The van der Waals surface area contributed by atoms with Gasteiger partial charge in [0.1, 0.15) is 5.76 Å². The highest BCUT2D eigenvalue weighted by Gasteiger charge is 2.20. The van der Waals surface area contributed by atoms with Crippen LogP contribution in [-0.2, 0) is 4.79 Å². The fourth-order valence-corrected chi connectivity index (χ4v) is 2.07. The first-order valence-corrected chi connectivity index (χ1v) is 6.15. The molecule has 0 heterocycles. The first-order valence-electron chi connectivity index (χ1n) is 6.15. The molecular formula is C15H22O2. The van der Waals surface area contributed by atoms with Crippen molar-refractivity contribution in [3.63, 3.8) is 0 Å². The average Bonchev–Trinajstić information content (AvgIpc) is 2.20. The number of hydrogen-bond donors (Lipinski definition) is 1. The summed E-state index contributed by atoms with van der Waals surface area (Å²) in [5.41, 5.74) is 1.98. The molecule has 1 aliphatic carbocycles. The van der Waals surface area contributed by atoms with Crippen LogP contribution in [0.2, 0.25) is 0 Å². The SMILES string of the molecule is CC(C)=CC(=O)CC(C)C1C=C(O)C(C)=CC1. The molecule has 0 radical (unpaired) electrons. The summed E-state index contributed by atoms with van der Waals surface area (Å²) in [5, 5.41) is 9.67. The Morgan fingerprint density at radius 3 is 2.76 bits per heavy atom. The molecule has 0 aromatic heterocycles. The van der Waals surface area contributed by atoms with E-state index in [0.717, 1.165) is 17.6 Å². The highest BCUT2D eigenvalue weighted by molar-refractivity contribution is 5.90. The Labute approximate surface area is 104 Å². The smallest absolute Gasteiger partial charge is 0.155 e. The molecule has 0 bridgehead atoms. The lowest BCUT2D eigenvalue weighted by atomic mass is 9.83. The molecule has 94 valence electrons. The Morgan fingerprint density at radius 2 is 2.24 bits per heavy atom. The van der Waals surface area contributed by atoms with E-state index in [1.165, 1.54) is 0 Å². The molecular weight excluding hydrogens is 212 g/mol. The highest BCUT2D eigenvalue weighted by Crippen LogP contribution is 2.28. The van der Waals surface area contributed by atoms with Crippen LogP contribution in [0.4, 0.5) is 0 Å². The third-order valence-corrected chi connectivity index (χ3v) is 3.18. The second-order valence-electron chi connectivity index (χ2n) is 5.21. The van der Waals surface area contributed by atoms with Crippen LogP contribution in [-0.4, -0.2) is 10.9 Å². The quantitative estimate of drug-likeness (QED) is 0.748. The van der Waals surface area contributed by atoms with E-state index in [1.807, 2.05) is 32.9 Å². The van der Waals surface area contributed by atoms with Crippen LogP contribution < -0.4 is 0 Å². The minimum Gasteiger partial charge on any atom is -0.508 e. The maximum absolute atomic E-state index is 11.7. The van der Waals surface area contributed by atoms with Crippen LogP contribution in [0.25, 0.3) is 0 Å². The third kappa shape index (κ3) is 4.22. The number of aliphatic hydroxyl groups is 1. The summed E-state index contributed by atoms with van der Waals surface area (Å²) in [6.07, 6.45) is 7.09. The van der Waals surface area contributed by atoms with Gasteiger partial charge in [0.15, 0.2) is 5.78 Å². The van der Waals surface area contributed by atoms with E-state index in [1.54, 1.807) is 6.08 Å². The van der Waals surface area contributed by atoms with Crippen molar-refractivity contribution in [2.45, 2.75) is 40.5 Å². The van der Waals surface area contributed by atoms with Crippen molar-refractivity contribution in [1.29, 1.82) is 0 Å². The zero-order valence-electron chi connectivity index (χ0n) is 11.2. The summed E-state index contributed by atoms with van der Waals surface area (Å²) in [5.74, 6) is 1.08. The topological polar surface area (TPSA) is 37.3 Å². The van der Waals surface area contributed by atoms with Gasteiger partial charge < -0.3 is 5.11 Å². The van der Waals surface area contributed by atoms with Gasteiger partial charge in [0.2, 0.25) is 0 Å². The first-order chi connectivity index (χ1) is 7.90. The lowest BCUT2D eigenvalue weighted by molar-refractivity contribution is -0.115. The van der Waals surface area contributed by atoms with Gasteiger partial charge in [-0.1, -0.05) is 18.6 Å². The lowest BCUT2D eigenvalue weighted by Crippen LogP contribution is -2.15. The van der Waals surface area contributed by atoms with Crippen molar-refractivity contribution in [3.8, 4) is 0 Å². The number of carbonyl (C=O) groups is 1. The minimum atomic E-state index is 0.177. The van der Waals surface area contributed by atoms with Crippen LogP contribution in [0, 0.1) is 11.8 Å². The average molecular weight is 234 g/mol. The number of aliphatic hydroxyl groups excluding tert-OH is 1. The van der Waals surface area contributed by atoms with Gasteiger partial charge in [-0.05, 0) is 56.8 Å². The second-order valence-corrected chi connectivity index (χ2v) is 5.21. The molecule has 0 aromatic carbocycles. The van der Waals surface area contributed by atoms with E-state index in [4.69, 9.17) is 0 Å². The molecule has 1 aliphatic rings. The first kappa shape index (κ1) is 13.8. The second kappa shape index (κ2) is 5.85.